The van der Waals surface area contributed by atoms with Gasteiger partial charge in [-0.25, -0.2) is 8.42 Å². The van der Waals surface area contributed by atoms with Gasteiger partial charge in [0, 0.05) is 30.9 Å². The van der Waals surface area contributed by atoms with Crippen LogP contribution in [0.5, 0.6) is 5.75 Å². The van der Waals surface area contributed by atoms with Crippen LogP contribution in [0.1, 0.15) is 17.5 Å². The van der Waals surface area contributed by atoms with E-state index in [4.69, 9.17) is 4.74 Å². The van der Waals surface area contributed by atoms with Gasteiger partial charge in [-0.05, 0) is 50.2 Å². The van der Waals surface area contributed by atoms with Crippen LogP contribution in [0.3, 0.4) is 0 Å². The fourth-order valence-corrected chi connectivity index (χ4v) is 6.26. The first-order valence-electron chi connectivity index (χ1n) is 11.0. The molecule has 1 atom stereocenters. The molecule has 9 nitrogen and oxygen atoms in total. The van der Waals surface area contributed by atoms with E-state index in [1.807, 2.05) is 24.9 Å². The maximum atomic E-state index is 13.6. The maximum absolute atomic E-state index is 13.6. The van der Waals surface area contributed by atoms with E-state index in [9.17, 15) is 31.7 Å². The van der Waals surface area contributed by atoms with Crippen molar-refractivity contribution >= 4 is 43.4 Å². The Kier molecular flexibility index (Phi) is 7.35. The summed E-state index contributed by atoms with van der Waals surface area (Å²) in [5.41, 5.74) is -0.221. The number of nitro groups is 1. The van der Waals surface area contributed by atoms with E-state index in [2.05, 4.69) is 10.0 Å². The molecule has 0 amide bonds. The number of alkyl halides is 3. The fourth-order valence-electron chi connectivity index (χ4n) is 3.86. The zero-order valence-corrected chi connectivity index (χ0v) is 21.3. The SMILES string of the molecule is Cc1cccc(Nc2sc(S(=O)(=O)Nc3ccc(C(F)(F)F)c(O[C@@H]4CCN(C)C4)c3)cc2[N+](=O)[O-])c1. The number of likely N-dealkylation sites (tertiary alicyclic amines) is 1. The highest BCUT2D eigenvalue weighted by Gasteiger charge is 2.36. The van der Waals surface area contributed by atoms with Crippen molar-refractivity contribution in [2.24, 2.45) is 0 Å². The van der Waals surface area contributed by atoms with Crippen molar-refractivity contribution in [3.05, 3.63) is 69.8 Å². The molecule has 0 bridgehead atoms. The van der Waals surface area contributed by atoms with E-state index in [0.29, 0.717) is 36.5 Å². The number of thiophene rings is 1. The smallest absolute Gasteiger partial charge is 0.419 e. The van der Waals surface area contributed by atoms with Gasteiger partial charge in [-0.15, -0.1) is 0 Å². The van der Waals surface area contributed by atoms with Gasteiger partial charge in [0.1, 0.15) is 16.1 Å². The summed E-state index contributed by atoms with van der Waals surface area (Å²) in [6.07, 6.45) is -4.66. The Morgan fingerprint density at radius 3 is 2.54 bits per heavy atom. The standard InChI is InChI=1S/C23H23F3N4O5S2/c1-14-4-3-5-15(10-14)27-22-19(30(31)32)12-21(36-22)37(33,34)28-16-6-7-18(23(24,25)26)20(11-16)35-17-8-9-29(2)13-17/h3-7,10-12,17,27-28H,8-9,13H2,1-2H3/t17-/m1/s1. The van der Waals surface area contributed by atoms with E-state index in [-0.39, 0.29) is 14.9 Å². The molecule has 3 aromatic rings. The van der Waals surface area contributed by atoms with Gasteiger partial charge in [0.05, 0.1) is 16.2 Å². The Morgan fingerprint density at radius 1 is 1.16 bits per heavy atom. The van der Waals surface area contributed by atoms with Crippen molar-refractivity contribution in [3.8, 4) is 5.75 Å². The number of anilines is 3. The number of hydrogen-bond donors (Lipinski definition) is 2. The van der Waals surface area contributed by atoms with Gasteiger partial charge in [0.25, 0.3) is 10.0 Å². The van der Waals surface area contributed by atoms with Crippen LogP contribution in [-0.4, -0.2) is 44.5 Å². The molecule has 4 rings (SSSR count). The molecule has 0 spiro atoms. The number of sulfonamides is 1. The summed E-state index contributed by atoms with van der Waals surface area (Å²) in [5, 5.41) is 14.4. The van der Waals surface area contributed by atoms with Gasteiger partial charge in [-0.1, -0.05) is 23.5 Å². The minimum absolute atomic E-state index is 0.00206. The van der Waals surface area contributed by atoms with Crippen molar-refractivity contribution in [2.75, 3.05) is 30.2 Å². The zero-order chi connectivity index (χ0) is 27.0. The first-order valence-corrected chi connectivity index (χ1v) is 13.3. The molecule has 37 heavy (non-hydrogen) atoms. The van der Waals surface area contributed by atoms with Gasteiger partial charge in [0.15, 0.2) is 5.00 Å². The molecule has 1 aliphatic heterocycles. The lowest BCUT2D eigenvalue weighted by atomic mass is 10.1. The predicted molar refractivity (Wildman–Crippen MR) is 134 cm³/mol. The van der Waals surface area contributed by atoms with Crippen LogP contribution in [0.2, 0.25) is 0 Å². The molecule has 2 aromatic carbocycles. The lowest BCUT2D eigenvalue weighted by Crippen LogP contribution is -2.23. The van der Waals surface area contributed by atoms with Gasteiger partial charge in [0.2, 0.25) is 0 Å². The van der Waals surface area contributed by atoms with Gasteiger partial charge in [-0.2, -0.15) is 13.2 Å². The fraction of sp³-hybridized carbons (Fsp3) is 0.304. The number of likely N-dealkylation sites (N-methyl/N-ethyl adjacent to an activating group) is 1. The van der Waals surface area contributed by atoms with E-state index < -0.39 is 44.2 Å². The van der Waals surface area contributed by atoms with E-state index in [1.165, 1.54) is 0 Å². The molecule has 2 N–H and O–H groups in total. The molecule has 1 aromatic heterocycles. The Hall–Kier alpha value is -3.36. The van der Waals surface area contributed by atoms with E-state index in [1.54, 1.807) is 18.2 Å². The second kappa shape index (κ2) is 10.2. The Morgan fingerprint density at radius 2 is 1.92 bits per heavy atom. The third-order valence-corrected chi connectivity index (χ3v) is 8.50. The summed E-state index contributed by atoms with van der Waals surface area (Å²) in [6.45, 7) is 2.93. The molecule has 14 heteroatoms. The third-order valence-electron chi connectivity index (χ3n) is 5.61. The molecule has 198 valence electrons. The second-order valence-electron chi connectivity index (χ2n) is 8.64. The Labute approximate surface area is 215 Å². The number of aryl methyl sites for hydroxylation is 1. The lowest BCUT2D eigenvalue weighted by Gasteiger charge is -2.19. The topological polar surface area (TPSA) is 114 Å². The van der Waals surface area contributed by atoms with E-state index >= 15 is 0 Å². The maximum Gasteiger partial charge on any atom is 0.419 e. The van der Waals surface area contributed by atoms with Gasteiger partial charge >= 0.3 is 11.9 Å². The molecule has 0 unspecified atom stereocenters. The van der Waals surface area contributed by atoms with Crippen molar-refractivity contribution < 1.29 is 31.2 Å². The third kappa shape index (κ3) is 6.32. The first-order chi connectivity index (χ1) is 17.3. The zero-order valence-electron chi connectivity index (χ0n) is 19.7. The van der Waals surface area contributed by atoms with Crippen LogP contribution in [0.4, 0.5) is 35.2 Å². The first kappa shape index (κ1) is 26.7. The second-order valence-corrected chi connectivity index (χ2v) is 11.6. The van der Waals surface area contributed by atoms with Crippen LogP contribution in [0, 0.1) is 17.0 Å². The number of nitrogens with one attached hydrogen (secondary N) is 2. The van der Waals surface area contributed by atoms with Crippen LogP contribution in [-0.2, 0) is 16.2 Å². The van der Waals surface area contributed by atoms with Crippen LogP contribution in [0.25, 0.3) is 0 Å². The number of nitrogens with zero attached hydrogens (tertiary/aromatic N) is 2. The molecular formula is C23H23F3N4O5S2. The Bertz CT molecular complexity index is 1430. The van der Waals surface area contributed by atoms with Crippen molar-refractivity contribution in [2.45, 2.75) is 29.8 Å². The van der Waals surface area contributed by atoms with Gasteiger partial charge < -0.3 is 15.0 Å². The Balaban J connectivity index is 1.63. The summed E-state index contributed by atoms with van der Waals surface area (Å²) >= 11 is 0.633. The number of benzene rings is 2. The van der Waals surface area contributed by atoms with Crippen molar-refractivity contribution in [1.82, 2.24) is 4.90 Å². The van der Waals surface area contributed by atoms with Gasteiger partial charge in [-0.3, -0.25) is 14.8 Å². The van der Waals surface area contributed by atoms with Crippen LogP contribution in [0.15, 0.2) is 52.7 Å². The molecule has 1 fully saturated rings. The van der Waals surface area contributed by atoms with Crippen LogP contribution >= 0.6 is 11.3 Å². The monoisotopic (exact) mass is 556 g/mol. The number of ether oxygens (including phenoxy) is 1. The molecular weight excluding hydrogens is 533 g/mol. The predicted octanol–water partition coefficient (Wildman–Crippen LogP) is 5.61. The summed E-state index contributed by atoms with van der Waals surface area (Å²) in [7, 11) is -2.55. The molecule has 1 aliphatic rings. The van der Waals surface area contributed by atoms with E-state index in [0.717, 1.165) is 29.8 Å². The highest BCUT2D eigenvalue weighted by atomic mass is 32.2. The summed E-state index contributed by atoms with van der Waals surface area (Å²) in [5.74, 6) is -0.494. The largest absolute Gasteiger partial charge is 0.488 e. The molecule has 0 radical (unpaired) electrons. The molecule has 0 saturated carbocycles. The number of hydrogen-bond acceptors (Lipinski definition) is 8. The minimum atomic E-state index is -4.71. The molecule has 2 heterocycles. The number of rotatable bonds is 8. The molecule has 0 aliphatic carbocycles. The van der Waals surface area contributed by atoms with Crippen LogP contribution < -0.4 is 14.8 Å². The van der Waals surface area contributed by atoms with Crippen molar-refractivity contribution in [3.63, 3.8) is 0 Å². The average Bonchev–Trinajstić information content (AvgIpc) is 3.39. The molecule has 1 saturated heterocycles. The summed E-state index contributed by atoms with van der Waals surface area (Å²) < 4.78 is 74.2. The highest BCUT2D eigenvalue weighted by Crippen LogP contribution is 2.41. The normalized spacial score (nSPS) is 16.5. The summed E-state index contributed by atoms with van der Waals surface area (Å²) in [6, 6.07) is 10.6. The number of halogens is 3. The summed E-state index contributed by atoms with van der Waals surface area (Å²) in [4.78, 5) is 12.8. The lowest BCUT2D eigenvalue weighted by molar-refractivity contribution is -0.383. The average molecular weight is 557 g/mol. The quantitative estimate of drug-likeness (QED) is 0.274. The van der Waals surface area contributed by atoms with Crippen molar-refractivity contribution in [1.29, 1.82) is 0 Å². The minimum Gasteiger partial charge on any atom is -0.488 e. The highest BCUT2D eigenvalue weighted by molar-refractivity contribution is 7.94.